The molecule has 0 bridgehead atoms. The predicted molar refractivity (Wildman–Crippen MR) is 112 cm³/mol. The van der Waals surface area contributed by atoms with Crippen LogP contribution in [0.2, 0.25) is 0 Å². The maximum Gasteiger partial charge on any atom is 0.217 e. The number of carbonyl (C=O) groups excluding carboxylic acids is 1. The molecule has 0 saturated carbocycles. The van der Waals surface area contributed by atoms with E-state index in [1.165, 1.54) is 6.92 Å². The summed E-state index contributed by atoms with van der Waals surface area (Å²) in [7, 11) is 1.59. The maximum atomic E-state index is 11.7. The summed E-state index contributed by atoms with van der Waals surface area (Å²) < 4.78 is 22.9. The lowest BCUT2D eigenvalue weighted by atomic mass is 9.96. The highest BCUT2D eigenvalue weighted by Crippen LogP contribution is 2.27. The molecule has 0 unspecified atom stereocenters. The minimum atomic E-state index is -1.35. The smallest absolute Gasteiger partial charge is 0.217 e. The van der Waals surface area contributed by atoms with Gasteiger partial charge in [0, 0.05) is 6.92 Å². The molecular formula is C23H29NO7. The molecule has 1 fully saturated rings. The Labute approximate surface area is 181 Å². The van der Waals surface area contributed by atoms with Gasteiger partial charge in [0.15, 0.2) is 6.29 Å². The molecule has 1 heterocycles. The number of aliphatic hydroxyl groups is 2. The zero-order chi connectivity index (χ0) is 22.2. The number of amides is 1. The van der Waals surface area contributed by atoms with E-state index in [-0.39, 0.29) is 25.7 Å². The molecule has 168 valence electrons. The Bertz CT molecular complexity index is 814. The Morgan fingerprint density at radius 2 is 1.61 bits per heavy atom. The second-order valence-electron chi connectivity index (χ2n) is 7.36. The van der Waals surface area contributed by atoms with E-state index in [0.29, 0.717) is 0 Å². The lowest BCUT2D eigenvalue weighted by Crippen LogP contribution is -2.65. The van der Waals surface area contributed by atoms with Crippen molar-refractivity contribution < 1.29 is 34.0 Å². The average molecular weight is 431 g/mol. The normalized spacial score (nSPS) is 25.7. The number of methoxy groups -OCH3 is 1. The van der Waals surface area contributed by atoms with Crippen molar-refractivity contribution in [1.82, 2.24) is 5.32 Å². The number of aliphatic hydroxyl groups excluding tert-OH is 2. The maximum absolute atomic E-state index is 11.7. The largest absolute Gasteiger partial charge is 0.497 e. The molecule has 1 aliphatic heterocycles. The molecule has 2 aromatic carbocycles. The highest BCUT2D eigenvalue weighted by Gasteiger charge is 2.47. The number of benzene rings is 2. The number of carbonyl (C=O) groups is 1. The molecule has 0 spiro atoms. The highest BCUT2D eigenvalue weighted by atomic mass is 16.6. The van der Waals surface area contributed by atoms with Gasteiger partial charge in [0.25, 0.3) is 0 Å². The second-order valence-corrected chi connectivity index (χ2v) is 7.36. The second kappa shape index (κ2) is 11.2. The van der Waals surface area contributed by atoms with Crippen LogP contribution in [0.1, 0.15) is 18.1 Å². The molecule has 0 aliphatic carbocycles. The quantitative estimate of drug-likeness (QED) is 0.551. The molecule has 1 aliphatic rings. The van der Waals surface area contributed by atoms with Gasteiger partial charge in [-0.1, -0.05) is 42.5 Å². The van der Waals surface area contributed by atoms with Crippen LogP contribution in [-0.2, 0) is 32.2 Å². The van der Waals surface area contributed by atoms with Crippen LogP contribution in [0.4, 0.5) is 0 Å². The van der Waals surface area contributed by atoms with E-state index < -0.39 is 30.6 Å². The molecule has 2 aromatic rings. The number of hydrogen-bond donors (Lipinski definition) is 3. The van der Waals surface area contributed by atoms with Crippen molar-refractivity contribution >= 4 is 5.91 Å². The number of ether oxygens (including phenoxy) is 4. The Morgan fingerprint density at radius 3 is 2.19 bits per heavy atom. The van der Waals surface area contributed by atoms with Crippen molar-refractivity contribution in [3.63, 3.8) is 0 Å². The summed E-state index contributed by atoms with van der Waals surface area (Å²) in [4.78, 5) is 11.7. The Balaban J connectivity index is 1.79. The molecule has 31 heavy (non-hydrogen) atoms. The van der Waals surface area contributed by atoms with Gasteiger partial charge in [0.1, 0.15) is 30.1 Å². The van der Waals surface area contributed by atoms with Gasteiger partial charge in [-0.05, 0) is 23.3 Å². The molecule has 8 nitrogen and oxygen atoms in total. The highest BCUT2D eigenvalue weighted by molar-refractivity contribution is 5.73. The third-order valence-corrected chi connectivity index (χ3v) is 5.10. The fourth-order valence-corrected chi connectivity index (χ4v) is 3.54. The number of hydrogen-bond acceptors (Lipinski definition) is 7. The summed E-state index contributed by atoms with van der Waals surface area (Å²) in [6.07, 6.45) is -3.64. The van der Waals surface area contributed by atoms with E-state index in [2.05, 4.69) is 5.32 Å². The van der Waals surface area contributed by atoms with Crippen LogP contribution in [0, 0.1) is 0 Å². The minimum Gasteiger partial charge on any atom is -0.497 e. The summed E-state index contributed by atoms with van der Waals surface area (Å²) >= 11 is 0. The van der Waals surface area contributed by atoms with Gasteiger partial charge in [-0.25, -0.2) is 0 Å². The van der Waals surface area contributed by atoms with Crippen molar-refractivity contribution in [2.45, 2.75) is 50.8 Å². The van der Waals surface area contributed by atoms with Crippen LogP contribution in [0.3, 0.4) is 0 Å². The van der Waals surface area contributed by atoms with Gasteiger partial charge in [-0.3, -0.25) is 4.79 Å². The molecule has 1 amide bonds. The number of nitrogens with one attached hydrogen (secondary N) is 1. The minimum absolute atomic E-state index is 0.209. The van der Waals surface area contributed by atoms with Gasteiger partial charge in [-0.15, -0.1) is 0 Å². The van der Waals surface area contributed by atoms with Gasteiger partial charge >= 0.3 is 0 Å². The Kier molecular flexibility index (Phi) is 8.39. The van der Waals surface area contributed by atoms with E-state index >= 15 is 0 Å². The Morgan fingerprint density at radius 1 is 1.00 bits per heavy atom. The molecule has 0 radical (unpaired) electrons. The first kappa shape index (κ1) is 23.2. The molecule has 1 saturated heterocycles. The first-order valence-corrected chi connectivity index (χ1v) is 10.1. The predicted octanol–water partition coefficient (Wildman–Crippen LogP) is 1.38. The van der Waals surface area contributed by atoms with E-state index in [4.69, 9.17) is 18.9 Å². The summed E-state index contributed by atoms with van der Waals surface area (Å²) in [5.74, 6) is 0.390. The van der Waals surface area contributed by atoms with Crippen LogP contribution in [-0.4, -0.2) is 60.5 Å². The van der Waals surface area contributed by atoms with E-state index in [1.54, 1.807) is 7.11 Å². The molecule has 0 aromatic heterocycles. The van der Waals surface area contributed by atoms with Crippen LogP contribution in [0.5, 0.6) is 5.75 Å². The third-order valence-electron chi connectivity index (χ3n) is 5.10. The fraction of sp³-hybridized carbons (Fsp3) is 0.435. The molecular weight excluding hydrogens is 402 g/mol. The van der Waals surface area contributed by atoms with Crippen LogP contribution >= 0.6 is 0 Å². The topological polar surface area (TPSA) is 106 Å². The van der Waals surface area contributed by atoms with Crippen LogP contribution in [0.25, 0.3) is 0 Å². The van der Waals surface area contributed by atoms with Crippen LogP contribution < -0.4 is 10.1 Å². The summed E-state index contributed by atoms with van der Waals surface area (Å²) in [6, 6.07) is 16.1. The zero-order valence-electron chi connectivity index (χ0n) is 17.6. The SMILES string of the molecule is COc1ccc(CO[C@@H]2[C@@H](NC(C)=O)[C@H](O)O[C@H](CO)[C@H]2OCc2ccccc2)cc1. The fourth-order valence-electron chi connectivity index (χ4n) is 3.54. The first-order chi connectivity index (χ1) is 15.0. The molecule has 5 atom stereocenters. The summed E-state index contributed by atoms with van der Waals surface area (Å²) in [5, 5.41) is 23.0. The lowest BCUT2D eigenvalue weighted by Gasteiger charge is -2.44. The zero-order valence-corrected chi connectivity index (χ0v) is 17.6. The van der Waals surface area contributed by atoms with Crippen molar-refractivity contribution in [2.75, 3.05) is 13.7 Å². The van der Waals surface area contributed by atoms with Crippen molar-refractivity contribution in [2.24, 2.45) is 0 Å². The molecule has 3 rings (SSSR count). The van der Waals surface area contributed by atoms with Gasteiger partial charge in [0.05, 0.1) is 26.9 Å². The Hall–Kier alpha value is -2.49. The van der Waals surface area contributed by atoms with Crippen molar-refractivity contribution in [1.29, 1.82) is 0 Å². The molecule has 8 heteroatoms. The average Bonchev–Trinajstić information content (AvgIpc) is 2.79. The monoisotopic (exact) mass is 431 g/mol. The third kappa shape index (κ3) is 6.25. The van der Waals surface area contributed by atoms with E-state index in [9.17, 15) is 15.0 Å². The van der Waals surface area contributed by atoms with E-state index in [0.717, 1.165) is 16.9 Å². The lowest BCUT2D eigenvalue weighted by molar-refractivity contribution is -0.275. The summed E-state index contributed by atoms with van der Waals surface area (Å²) in [6.45, 7) is 1.45. The van der Waals surface area contributed by atoms with Gasteiger partial charge in [-0.2, -0.15) is 0 Å². The van der Waals surface area contributed by atoms with Crippen molar-refractivity contribution in [3.05, 3.63) is 65.7 Å². The molecule has 3 N–H and O–H groups in total. The standard InChI is InChI=1S/C23H29NO7/c1-15(26)24-20-22(30-14-17-8-10-18(28-2)11-9-17)21(19(12-25)31-23(20)27)29-13-16-6-4-3-5-7-16/h3-11,19-23,25,27H,12-14H2,1-2H3,(H,24,26)/t19-,20-,21-,22-,23-/m1/s1. The number of rotatable bonds is 9. The van der Waals surface area contributed by atoms with Gasteiger partial charge in [0.2, 0.25) is 5.91 Å². The van der Waals surface area contributed by atoms with E-state index in [1.807, 2.05) is 54.6 Å². The van der Waals surface area contributed by atoms with Crippen molar-refractivity contribution in [3.8, 4) is 5.75 Å². The summed E-state index contributed by atoms with van der Waals surface area (Å²) in [5.41, 5.74) is 1.82. The first-order valence-electron chi connectivity index (χ1n) is 10.1. The van der Waals surface area contributed by atoms with Crippen LogP contribution in [0.15, 0.2) is 54.6 Å². The van der Waals surface area contributed by atoms with Gasteiger partial charge < -0.3 is 34.5 Å².